The predicted octanol–water partition coefficient (Wildman–Crippen LogP) is 2.27. The van der Waals surface area contributed by atoms with E-state index in [1.54, 1.807) is 31.4 Å². The second kappa shape index (κ2) is 9.45. The fourth-order valence-corrected chi connectivity index (χ4v) is 3.51. The molecule has 0 aliphatic heterocycles. The number of amides is 1. The van der Waals surface area contributed by atoms with Crippen molar-refractivity contribution in [2.75, 3.05) is 37.4 Å². The monoisotopic (exact) mass is 406 g/mol. The van der Waals surface area contributed by atoms with Crippen molar-refractivity contribution in [1.82, 2.24) is 5.32 Å². The average Bonchev–Trinajstić information content (AvgIpc) is 2.64. The number of rotatable bonds is 9. The van der Waals surface area contributed by atoms with Gasteiger partial charge in [-0.25, -0.2) is 8.42 Å². The van der Waals surface area contributed by atoms with Crippen LogP contribution in [0.15, 0.2) is 42.5 Å². The van der Waals surface area contributed by atoms with Crippen molar-refractivity contribution in [3.63, 3.8) is 0 Å². The van der Waals surface area contributed by atoms with E-state index >= 15 is 0 Å². The summed E-state index contributed by atoms with van der Waals surface area (Å²) in [5, 5.41) is 2.69. The lowest BCUT2D eigenvalue weighted by Gasteiger charge is -2.24. The van der Waals surface area contributed by atoms with Gasteiger partial charge in [-0.2, -0.15) is 0 Å². The molecule has 152 valence electrons. The van der Waals surface area contributed by atoms with Crippen LogP contribution < -0.4 is 19.1 Å². The van der Waals surface area contributed by atoms with Crippen molar-refractivity contribution in [3.05, 3.63) is 53.6 Å². The molecule has 7 nitrogen and oxygen atoms in total. The molecule has 2 aromatic carbocycles. The van der Waals surface area contributed by atoms with Crippen LogP contribution in [0.25, 0.3) is 0 Å². The van der Waals surface area contributed by atoms with Crippen molar-refractivity contribution in [2.45, 2.75) is 13.8 Å². The minimum absolute atomic E-state index is 0.250. The van der Waals surface area contributed by atoms with E-state index in [1.807, 2.05) is 32.0 Å². The van der Waals surface area contributed by atoms with Gasteiger partial charge in [0.15, 0.2) is 0 Å². The van der Waals surface area contributed by atoms with E-state index < -0.39 is 15.9 Å². The number of sulfonamides is 1. The third-order valence-electron chi connectivity index (χ3n) is 4.06. The van der Waals surface area contributed by atoms with E-state index in [0.29, 0.717) is 17.2 Å². The summed E-state index contributed by atoms with van der Waals surface area (Å²) in [6.45, 7) is 3.90. The standard InChI is InChI=1S/C20H26N2O5S/c1-15-8-9-16(2)19(12-15)22(28(4,24)25)14-20(23)21-10-11-27-18-7-5-6-17(13-18)26-3/h5-9,12-13H,10-11,14H2,1-4H3,(H,21,23). The van der Waals surface area contributed by atoms with Crippen LogP contribution in [-0.2, 0) is 14.8 Å². The molecule has 0 saturated heterocycles. The minimum Gasteiger partial charge on any atom is -0.497 e. The summed E-state index contributed by atoms with van der Waals surface area (Å²) in [5.41, 5.74) is 2.21. The number of hydrogen-bond acceptors (Lipinski definition) is 5. The highest BCUT2D eigenvalue weighted by Crippen LogP contribution is 2.23. The summed E-state index contributed by atoms with van der Waals surface area (Å²) in [6, 6.07) is 12.6. The molecule has 0 fully saturated rings. The first-order chi connectivity index (χ1) is 13.2. The molecule has 0 aromatic heterocycles. The van der Waals surface area contributed by atoms with E-state index in [4.69, 9.17) is 9.47 Å². The van der Waals surface area contributed by atoms with Gasteiger partial charge in [0, 0.05) is 6.07 Å². The molecule has 1 N–H and O–H groups in total. The Morgan fingerprint density at radius 2 is 1.82 bits per heavy atom. The molecule has 0 heterocycles. The zero-order valence-corrected chi connectivity index (χ0v) is 17.4. The first-order valence-electron chi connectivity index (χ1n) is 8.79. The lowest BCUT2D eigenvalue weighted by Crippen LogP contribution is -2.41. The molecule has 2 rings (SSSR count). The zero-order chi connectivity index (χ0) is 20.7. The van der Waals surface area contributed by atoms with Gasteiger partial charge in [0.25, 0.3) is 0 Å². The maximum absolute atomic E-state index is 12.3. The molecular formula is C20H26N2O5S. The summed E-state index contributed by atoms with van der Waals surface area (Å²) in [6.07, 6.45) is 1.09. The van der Waals surface area contributed by atoms with E-state index in [0.717, 1.165) is 21.7 Å². The molecule has 28 heavy (non-hydrogen) atoms. The quantitative estimate of drug-likeness (QED) is 0.646. The summed E-state index contributed by atoms with van der Waals surface area (Å²) < 4.78 is 36.2. The van der Waals surface area contributed by atoms with Crippen LogP contribution in [0.3, 0.4) is 0 Å². The number of carbonyl (C=O) groups excluding carboxylic acids is 1. The van der Waals surface area contributed by atoms with Gasteiger partial charge < -0.3 is 14.8 Å². The summed E-state index contributed by atoms with van der Waals surface area (Å²) in [7, 11) is -2.03. The van der Waals surface area contributed by atoms with Crippen LogP contribution in [0.2, 0.25) is 0 Å². The van der Waals surface area contributed by atoms with Gasteiger partial charge in [0.05, 0.1) is 25.6 Å². The molecule has 0 saturated carbocycles. The van der Waals surface area contributed by atoms with E-state index in [-0.39, 0.29) is 19.7 Å². The van der Waals surface area contributed by atoms with Gasteiger partial charge in [-0.05, 0) is 43.2 Å². The molecule has 0 spiro atoms. The Morgan fingerprint density at radius 1 is 1.11 bits per heavy atom. The van der Waals surface area contributed by atoms with Crippen LogP contribution in [0.4, 0.5) is 5.69 Å². The molecule has 0 aliphatic carbocycles. The lowest BCUT2D eigenvalue weighted by atomic mass is 10.1. The van der Waals surface area contributed by atoms with Crippen molar-refractivity contribution >= 4 is 21.6 Å². The first-order valence-corrected chi connectivity index (χ1v) is 10.6. The highest BCUT2D eigenvalue weighted by Gasteiger charge is 2.22. The second-order valence-corrected chi connectivity index (χ2v) is 8.34. The third kappa shape index (κ3) is 6.16. The number of aryl methyl sites for hydroxylation is 2. The van der Waals surface area contributed by atoms with Gasteiger partial charge in [0.1, 0.15) is 24.7 Å². The van der Waals surface area contributed by atoms with Gasteiger partial charge in [-0.3, -0.25) is 9.10 Å². The SMILES string of the molecule is COc1cccc(OCCNC(=O)CN(c2cc(C)ccc2C)S(C)(=O)=O)c1. The number of ether oxygens (including phenoxy) is 2. The highest BCUT2D eigenvalue weighted by atomic mass is 32.2. The van der Waals surface area contributed by atoms with Crippen molar-refractivity contribution in [1.29, 1.82) is 0 Å². The highest BCUT2D eigenvalue weighted by molar-refractivity contribution is 7.92. The number of anilines is 1. The number of nitrogens with one attached hydrogen (secondary N) is 1. The largest absolute Gasteiger partial charge is 0.497 e. The van der Waals surface area contributed by atoms with Gasteiger partial charge in [-0.15, -0.1) is 0 Å². The van der Waals surface area contributed by atoms with E-state index in [1.165, 1.54) is 0 Å². The van der Waals surface area contributed by atoms with Crippen molar-refractivity contribution < 1.29 is 22.7 Å². The molecule has 0 bridgehead atoms. The lowest BCUT2D eigenvalue weighted by molar-refractivity contribution is -0.119. The van der Waals surface area contributed by atoms with Gasteiger partial charge >= 0.3 is 0 Å². The minimum atomic E-state index is -3.61. The van der Waals surface area contributed by atoms with Crippen LogP contribution in [0.1, 0.15) is 11.1 Å². The smallest absolute Gasteiger partial charge is 0.240 e. The van der Waals surface area contributed by atoms with Crippen LogP contribution in [0, 0.1) is 13.8 Å². The number of nitrogens with zero attached hydrogens (tertiary/aromatic N) is 1. The first kappa shape index (κ1) is 21.6. The number of benzene rings is 2. The van der Waals surface area contributed by atoms with Gasteiger partial charge in [0.2, 0.25) is 15.9 Å². The molecule has 0 atom stereocenters. The summed E-state index contributed by atoms with van der Waals surface area (Å²) in [4.78, 5) is 12.3. The Bertz CT molecular complexity index is 928. The molecular weight excluding hydrogens is 380 g/mol. The Kier molecular flexibility index (Phi) is 7.28. The summed E-state index contributed by atoms with van der Waals surface area (Å²) in [5.74, 6) is 0.904. The summed E-state index contributed by atoms with van der Waals surface area (Å²) >= 11 is 0. The van der Waals surface area contributed by atoms with Crippen LogP contribution in [0.5, 0.6) is 11.5 Å². The maximum Gasteiger partial charge on any atom is 0.240 e. The van der Waals surface area contributed by atoms with E-state index in [9.17, 15) is 13.2 Å². The average molecular weight is 407 g/mol. The normalized spacial score (nSPS) is 11.0. The maximum atomic E-state index is 12.3. The second-order valence-electron chi connectivity index (χ2n) is 6.44. The Labute approximate surface area is 166 Å². The third-order valence-corrected chi connectivity index (χ3v) is 5.18. The fourth-order valence-electron chi connectivity index (χ4n) is 2.61. The van der Waals surface area contributed by atoms with Crippen LogP contribution >= 0.6 is 0 Å². The zero-order valence-electron chi connectivity index (χ0n) is 16.6. The molecule has 2 aromatic rings. The molecule has 0 radical (unpaired) electrons. The van der Waals surface area contributed by atoms with E-state index in [2.05, 4.69) is 5.32 Å². The molecule has 0 aliphatic rings. The topological polar surface area (TPSA) is 84.9 Å². The van der Waals surface area contributed by atoms with Gasteiger partial charge in [-0.1, -0.05) is 18.2 Å². The predicted molar refractivity (Wildman–Crippen MR) is 110 cm³/mol. The number of carbonyl (C=O) groups is 1. The Morgan fingerprint density at radius 3 is 2.50 bits per heavy atom. The molecule has 0 unspecified atom stereocenters. The number of methoxy groups -OCH3 is 1. The number of hydrogen-bond donors (Lipinski definition) is 1. The Balaban J connectivity index is 1.94. The Hall–Kier alpha value is -2.74. The van der Waals surface area contributed by atoms with Crippen molar-refractivity contribution in [2.24, 2.45) is 0 Å². The molecule has 1 amide bonds. The van der Waals surface area contributed by atoms with Crippen molar-refractivity contribution in [3.8, 4) is 11.5 Å². The fraction of sp³-hybridized carbons (Fsp3) is 0.350. The van der Waals surface area contributed by atoms with Crippen LogP contribution in [-0.4, -0.2) is 47.4 Å². The molecule has 8 heteroatoms.